The van der Waals surface area contributed by atoms with Crippen LogP contribution in [0.25, 0.3) is 0 Å². The van der Waals surface area contributed by atoms with Gasteiger partial charge < -0.3 is 11.1 Å². The van der Waals surface area contributed by atoms with Gasteiger partial charge in [-0.05, 0) is 46.7 Å². The molecule has 0 fully saturated rings. The molecule has 2 atom stereocenters. The molecule has 0 aromatic heterocycles. The lowest BCUT2D eigenvalue weighted by atomic mass is 9.99. The molecule has 1 aromatic rings. The number of rotatable bonds is 4. The van der Waals surface area contributed by atoms with E-state index in [-0.39, 0.29) is 17.6 Å². The average Bonchev–Trinajstić information content (AvgIpc) is 2.30. The van der Waals surface area contributed by atoms with Crippen LogP contribution in [-0.2, 0) is 4.79 Å². The van der Waals surface area contributed by atoms with Crippen molar-refractivity contribution in [3.8, 4) is 0 Å². The first-order valence-electron chi connectivity index (χ1n) is 5.47. The van der Waals surface area contributed by atoms with Crippen molar-refractivity contribution in [3.63, 3.8) is 0 Å². The summed E-state index contributed by atoms with van der Waals surface area (Å²) in [5.41, 5.74) is 6.40. The summed E-state index contributed by atoms with van der Waals surface area (Å²) in [7, 11) is 0. The number of amides is 1. The first-order valence-corrected chi connectivity index (χ1v) is 6.55. The summed E-state index contributed by atoms with van der Waals surface area (Å²) in [4.78, 5) is 11.8. The number of hydrogen-bond acceptors (Lipinski definition) is 2. The van der Waals surface area contributed by atoms with Crippen molar-refractivity contribution in [2.45, 2.75) is 26.3 Å². The highest BCUT2D eigenvalue weighted by atomic mass is 127. The second kappa shape index (κ2) is 6.30. The molecule has 0 bridgehead atoms. The van der Waals surface area contributed by atoms with E-state index in [1.165, 1.54) is 12.1 Å². The Hall–Kier alpha value is -0.690. The fourth-order valence-electron chi connectivity index (χ4n) is 1.32. The molecule has 1 unspecified atom stereocenters. The second-order valence-corrected chi connectivity index (χ2v) is 5.19. The minimum absolute atomic E-state index is 0.119. The van der Waals surface area contributed by atoms with Gasteiger partial charge in [0.1, 0.15) is 5.82 Å². The van der Waals surface area contributed by atoms with Crippen LogP contribution in [0.1, 0.15) is 20.3 Å². The third-order valence-electron chi connectivity index (χ3n) is 2.75. The maximum atomic E-state index is 12.9. The van der Waals surface area contributed by atoms with E-state index in [0.29, 0.717) is 9.26 Å². The highest BCUT2D eigenvalue weighted by Gasteiger charge is 2.19. The summed E-state index contributed by atoms with van der Waals surface area (Å²) in [6, 6.07) is 3.68. The zero-order valence-electron chi connectivity index (χ0n) is 9.84. The lowest BCUT2D eigenvalue weighted by Gasteiger charge is -2.18. The van der Waals surface area contributed by atoms with E-state index in [1.807, 2.05) is 36.4 Å². The number of hydrogen-bond donors (Lipinski definition) is 2. The number of benzene rings is 1. The molecule has 0 saturated heterocycles. The van der Waals surface area contributed by atoms with Gasteiger partial charge in [-0.2, -0.15) is 0 Å². The molecule has 3 N–H and O–H groups in total. The minimum Gasteiger partial charge on any atom is -0.324 e. The molecule has 0 heterocycles. The Morgan fingerprint density at radius 2 is 2.24 bits per heavy atom. The predicted molar refractivity (Wildman–Crippen MR) is 75.2 cm³/mol. The molecule has 0 aliphatic carbocycles. The first-order chi connectivity index (χ1) is 7.95. The van der Waals surface area contributed by atoms with E-state index in [0.717, 1.165) is 6.42 Å². The maximum absolute atomic E-state index is 12.9. The lowest BCUT2D eigenvalue weighted by Crippen LogP contribution is -2.40. The summed E-state index contributed by atoms with van der Waals surface area (Å²) >= 11 is 1.97. The van der Waals surface area contributed by atoms with Gasteiger partial charge >= 0.3 is 0 Å². The van der Waals surface area contributed by atoms with Gasteiger partial charge in [0.15, 0.2) is 0 Å². The second-order valence-electron chi connectivity index (χ2n) is 4.02. The Labute approximate surface area is 114 Å². The summed E-state index contributed by atoms with van der Waals surface area (Å²) in [5, 5.41) is 2.71. The van der Waals surface area contributed by atoms with E-state index in [4.69, 9.17) is 5.73 Å². The molecule has 17 heavy (non-hydrogen) atoms. The molecule has 0 radical (unpaired) electrons. The van der Waals surface area contributed by atoms with E-state index in [9.17, 15) is 9.18 Å². The maximum Gasteiger partial charge on any atom is 0.241 e. The fourth-order valence-corrected chi connectivity index (χ4v) is 1.93. The van der Waals surface area contributed by atoms with Crippen LogP contribution in [0.2, 0.25) is 0 Å². The van der Waals surface area contributed by atoms with Gasteiger partial charge in [0.2, 0.25) is 5.91 Å². The number of nitrogens with two attached hydrogens (primary N) is 1. The van der Waals surface area contributed by atoms with Gasteiger partial charge in [0.25, 0.3) is 0 Å². The Kier molecular flexibility index (Phi) is 5.32. The highest BCUT2D eigenvalue weighted by Crippen LogP contribution is 2.19. The van der Waals surface area contributed by atoms with Crippen molar-refractivity contribution < 1.29 is 9.18 Å². The van der Waals surface area contributed by atoms with E-state index in [1.54, 1.807) is 6.07 Å². The fraction of sp³-hybridized carbons (Fsp3) is 0.417. The summed E-state index contributed by atoms with van der Waals surface area (Å²) in [6.07, 6.45) is 0.842. The van der Waals surface area contributed by atoms with Crippen LogP contribution in [0.3, 0.4) is 0 Å². The van der Waals surface area contributed by atoms with Crippen molar-refractivity contribution in [1.82, 2.24) is 0 Å². The van der Waals surface area contributed by atoms with Crippen LogP contribution < -0.4 is 11.1 Å². The number of halogens is 2. The van der Waals surface area contributed by atoms with Crippen LogP contribution in [0, 0.1) is 15.3 Å². The highest BCUT2D eigenvalue weighted by molar-refractivity contribution is 14.1. The molecule has 3 nitrogen and oxygen atoms in total. The normalized spacial score (nSPS) is 14.2. The molecule has 0 spiro atoms. The van der Waals surface area contributed by atoms with Gasteiger partial charge in [0, 0.05) is 3.57 Å². The number of carbonyl (C=O) groups is 1. The largest absolute Gasteiger partial charge is 0.324 e. The minimum atomic E-state index is -0.541. The zero-order chi connectivity index (χ0) is 13.0. The van der Waals surface area contributed by atoms with Crippen molar-refractivity contribution in [2.24, 2.45) is 11.7 Å². The average molecular weight is 350 g/mol. The molecule has 5 heteroatoms. The number of anilines is 1. The monoisotopic (exact) mass is 350 g/mol. The Balaban J connectivity index is 2.74. The van der Waals surface area contributed by atoms with Gasteiger partial charge in [-0.3, -0.25) is 4.79 Å². The Bertz CT molecular complexity index is 411. The van der Waals surface area contributed by atoms with Crippen LogP contribution in [0.4, 0.5) is 10.1 Å². The Morgan fingerprint density at radius 1 is 1.59 bits per heavy atom. The predicted octanol–water partition coefficient (Wildman–Crippen LogP) is 2.74. The van der Waals surface area contributed by atoms with Crippen LogP contribution in [0.15, 0.2) is 18.2 Å². The van der Waals surface area contributed by atoms with Crippen LogP contribution in [0.5, 0.6) is 0 Å². The van der Waals surface area contributed by atoms with Crippen molar-refractivity contribution in [1.29, 1.82) is 0 Å². The van der Waals surface area contributed by atoms with Gasteiger partial charge in [-0.25, -0.2) is 4.39 Å². The molecular formula is C12H16FIN2O. The lowest BCUT2D eigenvalue weighted by molar-refractivity contribution is -0.118. The molecule has 1 rings (SSSR count). The smallest absolute Gasteiger partial charge is 0.241 e. The number of carbonyl (C=O) groups excluding carboxylic acids is 1. The molecule has 0 aliphatic rings. The molecule has 0 aliphatic heterocycles. The van der Waals surface area contributed by atoms with Gasteiger partial charge in [-0.15, -0.1) is 0 Å². The molecule has 1 aromatic carbocycles. The van der Waals surface area contributed by atoms with E-state index < -0.39 is 6.04 Å². The molecule has 1 amide bonds. The van der Waals surface area contributed by atoms with E-state index >= 15 is 0 Å². The summed E-state index contributed by atoms with van der Waals surface area (Å²) in [6.45, 7) is 3.92. The van der Waals surface area contributed by atoms with Gasteiger partial charge in [-0.1, -0.05) is 20.3 Å². The molecule has 94 valence electrons. The van der Waals surface area contributed by atoms with E-state index in [2.05, 4.69) is 5.32 Å². The standard InChI is InChI=1S/C12H16FIN2O/c1-3-7(2)11(15)12(17)16-10-5-4-8(13)6-9(10)14/h4-7,11H,3,15H2,1-2H3,(H,16,17)/t7?,11-/m0/s1. The van der Waals surface area contributed by atoms with Crippen molar-refractivity contribution in [3.05, 3.63) is 27.6 Å². The van der Waals surface area contributed by atoms with Crippen molar-refractivity contribution in [2.75, 3.05) is 5.32 Å². The quantitative estimate of drug-likeness (QED) is 0.821. The summed E-state index contributed by atoms with van der Waals surface area (Å²) < 4.78 is 13.5. The summed E-state index contributed by atoms with van der Waals surface area (Å²) in [5.74, 6) is -0.435. The Morgan fingerprint density at radius 3 is 2.76 bits per heavy atom. The first kappa shape index (κ1) is 14.4. The SMILES string of the molecule is CCC(C)[C@H](N)C(=O)Nc1ccc(F)cc1I. The molecular weight excluding hydrogens is 334 g/mol. The number of nitrogens with one attached hydrogen (secondary N) is 1. The van der Waals surface area contributed by atoms with Gasteiger partial charge in [0.05, 0.1) is 11.7 Å². The zero-order valence-corrected chi connectivity index (χ0v) is 12.0. The topological polar surface area (TPSA) is 55.1 Å². The van der Waals surface area contributed by atoms with Crippen LogP contribution >= 0.6 is 22.6 Å². The molecule has 0 saturated carbocycles. The van der Waals surface area contributed by atoms with Crippen LogP contribution in [-0.4, -0.2) is 11.9 Å². The van der Waals surface area contributed by atoms with Crippen molar-refractivity contribution >= 4 is 34.2 Å². The third-order valence-corrected chi connectivity index (χ3v) is 3.64. The third kappa shape index (κ3) is 3.92.